The normalized spacial score (nSPS) is 40.3. The van der Waals surface area contributed by atoms with Crippen molar-refractivity contribution in [2.24, 2.45) is 11.8 Å². The molecule has 0 aromatic heterocycles. The second-order valence-electron chi connectivity index (χ2n) is 3.92. The van der Waals surface area contributed by atoms with Gasteiger partial charge >= 0.3 is 0 Å². The molecule has 70 valence electrons. The van der Waals surface area contributed by atoms with Crippen LogP contribution in [0.3, 0.4) is 0 Å². The summed E-state index contributed by atoms with van der Waals surface area (Å²) in [6, 6.07) is 0. The molecule has 3 nitrogen and oxygen atoms in total. The fourth-order valence-corrected chi connectivity index (χ4v) is 4.19. The van der Waals surface area contributed by atoms with Crippen molar-refractivity contribution < 1.29 is 8.42 Å². The van der Waals surface area contributed by atoms with E-state index in [0.717, 1.165) is 19.5 Å². The molecule has 2 aliphatic heterocycles. The molecule has 2 fully saturated rings. The van der Waals surface area contributed by atoms with Crippen LogP contribution in [0.15, 0.2) is 0 Å². The highest BCUT2D eigenvalue weighted by molar-refractivity contribution is 7.91. The predicted octanol–water partition coefficient (Wildman–Crippen LogP) is 0.0306. The molecule has 0 bridgehead atoms. The highest BCUT2D eigenvalue weighted by Gasteiger charge is 2.34. The number of hydrogen-bond donors (Lipinski definition) is 1. The smallest absolute Gasteiger partial charge is 0.150 e. The van der Waals surface area contributed by atoms with E-state index in [1.807, 2.05) is 0 Å². The molecule has 2 rings (SSSR count). The lowest BCUT2D eigenvalue weighted by molar-refractivity contribution is 0.395. The zero-order chi connectivity index (χ0) is 8.60. The Morgan fingerprint density at radius 3 is 2.50 bits per heavy atom. The summed E-state index contributed by atoms with van der Waals surface area (Å²) in [5, 5.41) is 3.28. The summed E-state index contributed by atoms with van der Waals surface area (Å²) in [4.78, 5) is 0. The first-order valence-electron chi connectivity index (χ1n) is 4.58. The van der Waals surface area contributed by atoms with Crippen molar-refractivity contribution in [2.45, 2.75) is 12.8 Å². The van der Waals surface area contributed by atoms with Gasteiger partial charge in [-0.15, -0.1) is 0 Å². The van der Waals surface area contributed by atoms with Crippen molar-refractivity contribution in [3.63, 3.8) is 0 Å². The average molecular weight is 189 g/mol. The quantitative estimate of drug-likeness (QED) is 0.633. The molecule has 0 aromatic carbocycles. The molecular formula is C8H15NO2S. The second kappa shape index (κ2) is 3.00. The minimum absolute atomic E-state index is 0.425. The van der Waals surface area contributed by atoms with Crippen molar-refractivity contribution in [2.75, 3.05) is 24.6 Å². The third kappa shape index (κ3) is 1.64. The molecule has 1 N–H and O–H groups in total. The SMILES string of the molecule is O=S1(=O)CCC(C2CCNC2)C1. The molecule has 4 heteroatoms. The van der Waals surface area contributed by atoms with Crippen LogP contribution in [0.4, 0.5) is 0 Å². The van der Waals surface area contributed by atoms with Crippen molar-refractivity contribution in [3.05, 3.63) is 0 Å². The first-order chi connectivity index (χ1) is 5.67. The summed E-state index contributed by atoms with van der Waals surface area (Å²) in [6.45, 7) is 2.10. The molecule has 0 aliphatic carbocycles. The Bertz CT molecular complexity index is 254. The molecule has 2 aliphatic rings. The van der Waals surface area contributed by atoms with Crippen molar-refractivity contribution >= 4 is 9.84 Å². The summed E-state index contributed by atoms with van der Waals surface area (Å²) >= 11 is 0. The van der Waals surface area contributed by atoms with Crippen LogP contribution in [0, 0.1) is 11.8 Å². The van der Waals surface area contributed by atoms with Crippen LogP contribution < -0.4 is 5.32 Å². The van der Waals surface area contributed by atoms with E-state index in [1.54, 1.807) is 0 Å². The van der Waals surface area contributed by atoms with E-state index in [0.29, 0.717) is 23.3 Å². The molecule has 2 atom stereocenters. The Kier molecular flexibility index (Phi) is 2.12. The lowest BCUT2D eigenvalue weighted by atomic mass is 9.91. The topological polar surface area (TPSA) is 46.2 Å². The number of sulfone groups is 1. The zero-order valence-corrected chi connectivity index (χ0v) is 7.94. The monoisotopic (exact) mass is 189 g/mol. The van der Waals surface area contributed by atoms with E-state index >= 15 is 0 Å². The summed E-state index contributed by atoms with van der Waals surface area (Å²) in [5.74, 6) is 1.94. The number of hydrogen-bond acceptors (Lipinski definition) is 3. The molecule has 2 unspecified atom stereocenters. The molecule has 0 radical (unpaired) electrons. The first-order valence-corrected chi connectivity index (χ1v) is 6.41. The number of nitrogens with one attached hydrogen (secondary N) is 1. The largest absolute Gasteiger partial charge is 0.316 e. The van der Waals surface area contributed by atoms with E-state index in [1.165, 1.54) is 6.42 Å². The highest BCUT2D eigenvalue weighted by atomic mass is 32.2. The lowest BCUT2D eigenvalue weighted by Crippen LogP contribution is -2.18. The Hall–Kier alpha value is -0.0900. The molecule has 2 heterocycles. The third-order valence-corrected chi connectivity index (χ3v) is 4.83. The fourth-order valence-electron chi connectivity index (χ4n) is 2.27. The molecule has 12 heavy (non-hydrogen) atoms. The van der Waals surface area contributed by atoms with Crippen molar-refractivity contribution in [3.8, 4) is 0 Å². The summed E-state index contributed by atoms with van der Waals surface area (Å²) in [7, 11) is -2.66. The third-order valence-electron chi connectivity index (χ3n) is 3.03. The molecular weight excluding hydrogens is 174 g/mol. The van der Waals surface area contributed by atoms with Crippen LogP contribution in [-0.4, -0.2) is 33.0 Å². The van der Waals surface area contributed by atoms with E-state index in [-0.39, 0.29) is 0 Å². The van der Waals surface area contributed by atoms with Crippen LogP contribution in [-0.2, 0) is 9.84 Å². The van der Waals surface area contributed by atoms with Crippen LogP contribution in [0.2, 0.25) is 0 Å². The van der Waals surface area contributed by atoms with Crippen LogP contribution >= 0.6 is 0 Å². The maximum Gasteiger partial charge on any atom is 0.150 e. The van der Waals surface area contributed by atoms with Gasteiger partial charge in [0.15, 0.2) is 9.84 Å². The number of rotatable bonds is 1. The fraction of sp³-hybridized carbons (Fsp3) is 1.00. The highest BCUT2D eigenvalue weighted by Crippen LogP contribution is 2.29. The molecule has 0 amide bonds. The van der Waals surface area contributed by atoms with Gasteiger partial charge in [-0.05, 0) is 37.8 Å². The van der Waals surface area contributed by atoms with Gasteiger partial charge in [-0.2, -0.15) is 0 Å². The zero-order valence-electron chi connectivity index (χ0n) is 7.12. The van der Waals surface area contributed by atoms with E-state index < -0.39 is 9.84 Å². The second-order valence-corrected chi connectivity index (χ2v) is 6.14. The molecule has 0 spiro atoms. The summed E-state index contributed by atoms with van der Waals surface area (Å²) in [5.41, 5.74) is 0. The minimum Gasteiger partial charge on any atom is -0.316 e. The van der Waals surface area contributed by atoms with Gasteiger partial charge in [0.25, 0.3) is 0 Å². The van der Waals surface area contributed by atoms with Gasteiger partial charge in [0.05, 0.1) is 11.5 Å². The summed E-state index contributed by atoms with van der Waals surface area (Å²) in [6.07, 6.45) is 2.06. The summed E-state index contributed by atoms with van der Waals surface area (Å²) < 4.78 is 22.4. The maximum atomic E-state index is 11.2. The van der Waals surface area contributed by atoms with Crippen molar-refractivity contribution in [1.29, 1.82) is 0 Å². The van der Waals surface area contributed by atoms with Crippen molar-refractivity contribution in [1.82, 2.24) is 5.32 Å². The Labute approximate surface area is 73.5 Å². The van der Waals surface area contributed by atoms with Crippen LogP contribution in [0.25, 0.3) is 0 Å². The maximum absolute atomic E-state index is 11.2. The van der Waals surface area contributed by atoms with Gasteiger partial charge in [0.1, 0.15) is 0 Å². The van der Waals surface area contributed by atoms with Crippen LogP contribution in [0.1, 0.15) is 12.8 Å². The van der Waals surface area contributed by atoms with E-state index in [2.05, 4.69) is 5.32 Å². The van der Waals surface area contributed by atoms with E-state index in [9.17, 15) is 8.42 Å². The van der Waals surface area contributed by atoms with E-state index in [4.69, 9.17) is 0 Å². The molecule has 2 saturated heterocycles. The standard InChI is InChI=1S/C8H15NO2S/c10-12(11)4-2-8(6-12)7-1-3-9-5-7/h7-9H,1-6H2. The van der Waals surface area contributed by atoms with Gasteiger partial charge < -0.3 is 5.32 Å². The molecule has 0 saturated carbocycles. The van der Waals surface area contributed by atoms with Crippen LogP contribution in [0.5, 0.6) is 0 Å². The van der Waals surface area contributed by atoms with Gasteiger partial charge in [0, 0.05) is 0 Å². The van der Waals surface area contributed by atoms with Gasteiger partial charge in [-0.1, -0.05) is 0 Å². The molecule has 0 aromatic rings. The van der Waals surface area contributed by atoms with Gasteiger partial charge in [-0.25, -0.2) is 8.42 Å². The van der Waals surface area contributed by atoms with Gasteiger partial charge in [0.2, 0.25) is 0 Å². The lowest BCUT2D eigenvalue weighted by Gasteiger charge is -2.14. The Morgan fingerprint density at radius 2 is 2.00 bits per heavy atom. The van der Waals surface area contributed by atoms with Gasteiger partial charge in [-0.3, -0.25) is 0 Å². The Balaban J connectivity index is 1.99. The first kappa shape index (κ1) is 8.51. The predicted molar refractivity (Wildman–Crippen MR) is 47.7 cm³/mol. The minimum atomic E-state index is -2.66. The average Bonchev–Trinajstić information content (AvgIpc) is 2.55. The Morgan fingerprint density at radius 1 is 1.17 bits per heavy atom.